The Morgan fingerprint density at radius 1 is 1.16 bits per heavy atom. The summed E-state index contributed by atoms with van der Waals surface area (Å²) in [5, 5.41) is 4.23. The molecule has 0 aliphatic rings. The third kappa shape index (κ3) is 2.10. The Morgan fingerprint density at radius 3 is 2.79 bits per heavy atom. The van der Waals surface area contributed by atoms with Crippen molar-refractivity contribution in [3.8, 4) is 0 Å². The number of benzene rings is 1. The number of aldehydes is 1. The summed E-state index contributed by atoms with van der Waals surface area (Å²) in [5.41, 5.74) is 1.53. The monoisotopic (exact) mass is 255 g/mol. The average molecular weight is 255 g/mol. The maximum absolute atomic E-state index is 13.6. The fourth-order valence-corrected chi connectivity index (χ4v) is 1.95. The minimum Gasteiger partial charge on any atom is -0.296 e. The Hall–Kier alpha value is -2.56. The van der Waals surface area contributed by atoms with E-state index in [4.69, 9.17) is 0 Å². The molecular formula is C14H10FN3O. The molecule has 19 heavy (non-hydrogen) atoms. The van der Waals surface area contributed by atoms with Gasteiger partial charge in [-0.15, -0.1) is 0 Å². The Balaban J connectivity index is 2.03. The van der Waals surface area contributed by atoms with Crippen LogP contribution in [0.2, 0.25) is 0 Å². The summed E-state index contributed by atoms with van der Waals surface area (Å²) in [7, 11) is 0. The SMILES string of the molecule is O=Cc1cccc2nc(Cc3ccccc3F)nn12. The lowest BCUT2D eigenvalue weighted by Gasteiger charge is -1.98. The number of hydrogen-bond donors (Lipinski definition) is 0. The second kappa shape index (κ2) is 4.61. The zero-order chi connectivity index (χ0) is 13.2. The molecule has 4 nitrogen and oxygen atoms in total. The number of hydrogen-bond acceptors (Lipinski definition) is 3. The van der Waals surface area contributed by atoms with E-state index >= 15 is 0 Å². The molecule has 0 amide bonds. The van der Waals surface area contributed by atoms with Crippen LogP contribution >= 0.6 is 0 Å². The van der Waals surface area contributed by atoms with Crippen LogP contribution in [-0.4, -0.2) is 20.9 Å². The molecule has 0 spiro atoms. The van der Waals surface area contributed by atoms with Gasteiger partial charge in [0.2, 0.25) is 0 Å². The van der Waals surface area contributed by atoms with Gasteiger partial charge in [0.05, 0.1) is 0 Å². The van der Waals surface area contributed by atoms with E-state index < -0.39 is 0 Å². The van der Waals surface area contributed by atoms with E-state index in [2.05, 4.69) is 10.1 Å². The van der Waals surface area contributed by atoms with Crippen molar-refractivity contribution in [2.45, 2.75) is 6.42 Å². The predicted molar refractivity (Wildman–Crippen MR) is 67.6 cm³/mol. The zero-order valence-electron chi connectivity index (χ0n) is 9.95. The topological polar surface area (TPSA) is 47.3 Å². The summed E-state index contributed by atoms with van der Waals surface area (Å²) in [5.74, 6) is 0.205. The standard InChI is InChI=1S/C14H10FN3O/c15-12-6-2-1-4-10(12)8-13-16-14-7-3-5-11(9-19)18(14)17-13/h1-7,9H,8H2. The van der Waals surface area contributed by atoms with Crippen LogP contribution in [0.15, 0.2) is 42.5 Å². The third-order valence-electron chi connectivity index (χ3n) is 2.86. The maximum Gasteiger partial charge on any atom is 0.168 e. The molecule has 0 aliphatic heterocycles. The summed E-state index contributed by atoms with van der Waals surface area (Å²) in [4.78, 5) is 15.2. The first kappa shape index (κ1) is 11.5. The molecule has 94 valence electrons. The van der Waals surface area contributed by atoms with Crippen molar-refractivity contribution in [1.82, 2.24) is 14.6 Å². The smallest absolute Gasteiger partial charge is 0.168 e. The van der Waals surface area contributed by atoms with Crippen LogP contribution in [0.5, 0.6) is 0 Å². The second-order valence-electron chi connectivity index (χ2n) is 4.13. The van der Waals surface area contributed by atoms with Crippen LogP contribution in [0.4, 0.5) is 4.39 Å². The predicted octanol–water partition coefficient (Wildman–Crippen LogP) is 2.27. The van der Waals surface area contributed by atoms with Gasteiger partial charge in [-0.25, -0.2) is 13.9 Å². The van der Waals surface area contributed by atoms with Gasteiger partial charge in [-0.05, 0) is 23.8 Å². The van der Waals surface area contributed by atoms with Gasteiger partial charge in [0.25, 0.3) is 0 Å². The van der Waals surface area contributed by atoms with Gasteiger partial charge < -0.3 is 0 Å². The van der Waals surface area contributed by atoms with Gasteiger partial charge in [-0.3, -0.25) is 4.79 Å². The highest BCUT2D eigenvalue weighted by molar-refractivity contribution is 5.73. The minimum absolute atomic E-state index is 0.281. The normalized spacial score (nSPS) is 10.8. The van der Waals surface area contributed by atoms with Crippen molar-refractivity contribution in [1.29, 1.82) is 0 Å². The Kier molecular flexibility index (Phi) is 2.79. The summed E-state index contributed by atoms with van der Waals surface area (Å²) in [6, 6.07) is 11.7. The van der Waals surface area contributed by atoms with E-state index in [9.17, 15) is 9.18 Å². The molecule has 0 saturated heterocycles. The van der Waals surface area contributed by atoms with E-state index in [0.717, 1.165) is 0 Å². The van der Waals surface area contributed by atoms with E-state index in [1.807, 2.05) is 0 Å². The Morgan fingerprint density at radius 2 is 2.00 bits per heavy atom. The quantitative estimate of drug-likeness (QED) is 0.674. The number of carbonyl (C=O) groups excluding carboxylic acids is 1. The molecule has 0 fully saturated rings. The number of nitrogens with zero attached hydrogens (tertiary/aromatic N) is 3. The van der Waals surface area contributed by atoms with Gasteiger partial charge >= 0.3 is 0 Å². The molecule has 1 aromatic carbocycles. The lowest BCUT2D eigenvalue weighted by atomic mass is 10.1. The van der Waals surface area contributed by atoms with Gasteiger partial charge in [-0.2, -0.15) is 5.10 Å². The molecule has 0 unspecified atom stereocenters. The number of halogens is 1. The highest BCUT2D eigenvalue weighted by Crippen LogP contribution is 2.12. The van der Waals surface area contributed by atoms with Gasteiger partial charge in [0.15, 0.2) is 17.8 Å². The van der Waals surface area contributed by atoms with E-state index in [1.54, 1.807) is 36.4 Å². The summed E-state index contributed by atoms with van der Waals surface area (Å²) in [6.07, 6.45) is 1.02. The second-order valence-corrected chi connectivity index (χ2v) is 4.13. The molecule has 0 radical (unpaired) electrons. The first-order chi connectivity index (χ1) is 9.28. The van der Waals surface area contributed by atoms with E-state index in [0.29, 0.717) is 35.4 Å². The maximum atomic E-state index is 13.6. The molecular weight excluding hydrogens is 245 g/mol. The fraction of sp³-hybridized carbons (Fsp3) is 0.0714. The van der Waals surface area contributed by atoms with E-state index in [-0.39, 0.29) is 5.82 Å². The molecule has 0 bridgehead atoms. The number of fused-ring (bicyclic) bond motifs is 1. The number of carbonyl (C=O) groups is 1. The van der Waals surface area contributed by atoms with Crippen LogP contribution in [0, 0.1) is 5.82 Å². The minimum atomic E-state index is -0.281. The Labute approximate surface area is 108 Å². The Bertz CT molecular complexity index is 751. The zero-order valence-corrected chi connectivity index (χ0v) is 9.95. The van der Waals surface area contributed by atoms with Crippen LogP contribution < -0.4 is 0 Å². The summed E-state index contributed by atoms with van der Waals surface area (Å²) < 4.78 is 15.0. The van der Waals surface area contributed by atoms with Gasteiger partial charge in [-0.1, -0.05) is 24.3 Å². The van der Waals surface area contributed by atoms with Crippen LogP contribution in [-0.2, 0) is 6.42 Å². The molecule has 2 aromatic heterocycles. The van der Waals surface area contributed by atoms with E-state index in [1.165, 1.54) is 10.6 Å². The largest absolute Gasteiger partial charge is 0.296 e. The molecule has 0 aliphatic carbocycles. The molecule has 0 saturated carbocycles. The van der Waals surface area contributed by atoms with Gasteiger partial charge in [0.1, 0.15) is 11.5 Å². The first-order valence-electron chi connectivity index (χ1n) is 5.81. The number of aromatic nitrogens is 3. The lowest BCUT2D eigenvalue weighted by Crippen LogP contribution is -1.98. The van der Waals surface area contributed by atoms with Gasteiger partial charge in [0, 0.05) is 6.42 Å². The molecule has 0 atom stereocenters. The molecule has 0 N–H and O–H groups in total. The van der Waals surface area contributed by atoms with Crippen molar-refractivity contribution in [3.63, 3.8) is 0 Å². The van der Waals surface area contributed by atoms with Crippen molar-refractivity contribution in [2.24, 2.45) is 0 Å². The molecule has 2 heterocycles. The molecule has 5 heteroatoms. The van der Waals surface area contributed by atoms with Crippen LogP contribution in [0.3, 0.4) is 0 Å². The third-order valence-corrected chi connectivity index (χ3v) is 2.86. The van der Waals surface area contributed by atoms with Crippen LogP contribution in [0.1, 0.15) is 21.9 Å². The van der Waals surface area contributed by atoms with Crippen molar-refractivity contribution in [2.75, 3.05) is 0 Å². The number of rotatable bonds is 3. The molecule has 3 aromatic rings. The average Bonchev–Trinajstić information content (AvgIpc) is 2.83. The van der Waals surface area contributed by atoms with Crippen LogP contribution in [0.25, 0.3) is 5.65 Å². The summed E-state index contributed by atoms with van der Waals surface area (Å²) >= 11 is 0. The highest BCUT2D eigenvalue weighted by Gasteiger charge is 2.09. The fourth-order valence-electron chi connectivity index (χ4n) is 1.95. The van der Waals surface area contributed by atoms with Crippen molar-refractivity contribution < 1.29 is 9.18 Å². The first-order valence-corrected chi connectivity index (χ1v) is 5.81. The van der Waals surface area contributed by atoms with Crippen molar-refractivity contribution >= 4 is 11.9 Å². The summed E-state index contributed by atoms with van der Waals surface area (Å²) in [6.45, 7) is 0. The number of pyridine rings is 1. The van der Waals surface area contributed by atoms with Crippen molar-refractivity contribution in [3.05, 3.63) is 65.4 Å². The lowest BCUT2D eigenvalue weighted by molar-refractivity contribution is 0.111. The highest BCUT2D eigenvalue weighted by atomic mass is 19.1. The molecule has 3 rings (SSSR count).